The first-order valence-corrected chi connectivity index (χ1v) is 9.50. The summed E-state index contributed by atoms with van der Waals surface area (Å²) in [6.45, 7) is 3.79. The number of benzene rings is 2. The highest BCUT2D eigenvalue weighted by atomic mass is 32.2. The Kier molecular flexibility index (Phi) is 6.03. The monoisotopic (exact) mass is 381 g/mol. The number of aryl methyl sites for hydroxylation is 1. The van der Waals surface area contributed by atoms with Gasteiger partial charge in [-0.3, -0.25) is 9.59 Å². The first kappa shape index (κ1) is 18.8. The van der Waals surface area contributed by atoms with Gasteiger partial charge in [0.2, 0.25) is 11.8 Å². The lowest BCUT2D eigenvalue weighted by Crippen LogP contribution is -2.09. The smallest absolute Gasteiger partial charge is 0.277 e. The van der Waals surface area contributed by atoms with Crippen molar-refractivity contribution in [1.82, 2.24) is 10.2 Å². The highest BCUT2D eigenvalue weighted by Gasteiger charge is 2.12. The largest absolute Gasteiger partial charge is 0.411 e. The van der Waals surface area contributed by atoms with Crippen LogP contribution in [0.4, 0.5) is 5.69 Å². The molecule has 138 valence electrons. The van der Waals surface area contributed by atoms with Gasteiger partial charge in [-0.15, -0.1) is 10.2 Å². The molecule has 1 aromatic heterocycles. The van der Waals surface area contributed by atoms with E-state index in [1.807, 2.05) is 31.2 Å². The van der Waals surface area contributed by atoms with Crippen LogP contribution < -0.4 is 5.32 Å². The van der Waals surface area contributed by atoms with Crippen molar-refractivity contribution < 1.29 is 14.0 Å². The molecule has 0 bridgehead atoms. The number of hydrogen-bond acceptors (Lipinski definition) is 6. The summed E-state index contributed by atoms with van der Waals surface area (Å²) < 4.78 is 5.61. The molecule has 27 heavy (non-hydrogen) atoms. The van der Waals surface area contributed by atoms with Crippen molar-refractivity contribution in [1.29, 1.82) is 0 Å². The third-order valence-electron chi connectivity index (χ3n) is 3.84. The van der Waals surface area contributed by atoms with Gasteiger partial charge in [-0.05, 0) is 43.3 Å². The second-order valence-electron chi connectivity index (χ2n) is 5.93. The Hall–Kier alpha value is -2.93. The summed E-state index contributed by atoms with van der Waals surface area (Å²) in [5.41, 5.74) is 3.23. The molecule has 1 amide bonds. The number of ketones is 1. The zero-order valence-corrected chi connectivity index (χ0v) is 15.9. The fourth-order valence-corrected chi connectivity index (χ4v) is 2.94. The molecule has 0 aliphatic rings. The van der Waals surface area contributed by atoms with E-state index in [4.69, 9.17) is 4.42 Å². The van der Waals surface area contributed by atoms with E-state index in [1.54, 1.807) is 31.2 Å². The average Bonchev–Trinajstić information content (AvgIpc) is 3.16. The molecule has 0 radical (unpaired) electrons. The first-order valence-electron chi connectivity index (χ1n) is 8.51. The Morgan fingerprint density at radius 1 is 1.04 bits per heavy atom. The molecule has 6 nitrogen and oxygen atoms in total. The minimum Gasteiger partial charge on any atom is -0.411 e. The van der Waals surface area contributed by atoms with Gasteiger partial charge in [-0.2, -0.15) is 0 Å². The third kappa shape index (κ3) is 5.04. The second kappa shape index (κ2) is 8.64. The van der Waals surface area contributed by atoms with Crippen LogP contribution >= 0.6 is 11.8 Å². The summed E-state index contributed by atoms with van der Waals surface area (Å²) >= 11 is 1.20. The van der Waals surface area contributed by atoms with Gasteiger partial charge >= 0.3 is 0 Å². The predicted octanol–water partition coefficient (Wildman–Crippen LogP) is 4.37. The zero-order chi connectivity index (χ0) is 19.2. The fraction of sp³-hybridized carbons (Fsp3) is 0.200. The van der Waals surface area contributed by atoms with Crippen molar-refractivity contribution in [2.45, 2.75) is 25.5 Å². The maximum atomic E-state index is 12.3. The number of aromatic nitrogens is 2. The van der Waals surface area contributed by atoms with Gasteiger partial charge in [-0.1, -0.05) is 36.4 Å². The summed E-state index contributed by atoms with van der Waals surface area (Å²) in [4.78, 5) is 23.7. The molecule has 0 aliphatic heterocycles. The molecule has 3 aromatic rings. The lowest BCUT2D eigenvalue weighted by molar-refractivity contribution is -0.115. The van der Waals surface area contributed by atoms with Crippen molar-refractivity contribution in [3.63, 3.8) is 0 Å². The Balaban J connectivity index is 1.57. The van der Waals surface area contributed by atoms with Crippen molar-refractivity contribution in [2.75, 3.05) is 11.1 Å². The molecule has 0 spiro atoms. The van der Waals surface area contributed by atoms with Crippen LogP contribution in [0.2, 0.25) is 0 Å². The molecule has 0 unspecified atom stereocenters. The third-order valence-corrected chi connectivity index (χ3v) is 4.66. The maximum absolute atomic E-state index is 12.3. The summed E-state index contributed by atoms with van der Waals surface area (Å²) in [6, 6.07) is 14.6. The number of Topliss-reactive ketones (excluding diaryl/α,β-unsaturated/α-hetero) is 1. The van der Waals surface area contributed by atoms with Gasteiger partial charge in [0.25, 0.3) is 5.22 Å². The summed E-state index contributed by atoms with van der Waals surface area (Å²) in [5, 5.41) is 11.1. The lowest BCUT2D eigenvalue weighted by atomic mass is 10.1. The fourth-order valence-electron chi connectivity index (χ4n) is 2.28. The van der Waals surface area contributed by atoms with Crippen LogP contribution in [-0.2, 0) is 4.79 Å². The minimum atomic E-state index is -0.0644. The van der Waals surface area contributed by atoms with Gasteiger partial charge in [0.1, 0.15) is 0 Å². The van der Waals surface area contributed by atoms with Crippen LogP contribution in [0.3, 0.4) is 0 Å². The average molecular weight is 381 g/mol. The Morgan fingerprint density at radius 3 is 2.41 bits per heavy atom. The number of nitrogens with one attached hydrogen (secondary N) is 1. The van der Waals surface area contributed by atoms with Gasteiger partial charge in [-0.25, -0.2) is 0 Å². The van der Waals surface area contributed by atoms with E-state index in [9.17, 15) is 9.59 Å². The van der Waals surface area contributed by atoms with Gasteiger partial charge in [0, 0.05) is 23.2 Å². The van der Waals surface area contributed by atoms with Crippen molar-refractivity contribution in [3.05, 3.63) is 59.7 Å². The summed E-state index contributed by atoms with van der Waals surface area (Å²) in [5.74, 6) is 0.505. The number of hydrogen-bond donors (Lipinski definition) is 1. The molecular weight excluding hydrogens is 362 g/mol. The van der Waals surface area contributed by atoms with E-state index in [2.05, 4.69) is 15.5 Å². The SMILES string of the molecule is CCC(=O)Nc1ccc(C(=O)CSc2nnc(-c3ccc(C)cc3)o2)cc1. The van der Waals surface area contributed by atoms with E-state index >= 15 is 0 Å². The normalized spacial score (nSPS) is 10.6. The zero-order valence-electron chi connectivity index (χ0n) is 15.1. The van der Waals surface area contributed by atoms with Crippen LogP contribution in [0.25, 0.3) is 11.5 Å². The van der Waals surface area contributed by atoms with Gasteiger partial charge in [0.15, 0.2) is 5.78 Å². The van der Waals surface area contributed by atoms with Crippen LogP contribution in [-0.4, -0.2) is 27.6 Å². The quantitative estimate of drug-likeness (QED) is 0.483. The molecule has 0 atom stereocenters. The summed E-state index contributed by atoms with van der Waals surface area (Å²) in [6.07, 6.45) is 0.409. The van der Waals surface area contributed by atoms with Crippen molar-refractivity contribution in [3.8, 4) is 11.5 Å². The van der Waals surface area contributed by atoms with E-state index in [-0.39, 0.29) is 17.4 Å². The molecule has 1 N–H and O–H groups in total. The molecule has 0 aliphatic carbocycles. The number of rotatable bonds is 7. The summed E-state index contributed by atoms with van der Waals surface area (Å²) in [7, 11) is 0. The number of thioether (sulfide) groups is 1. The second-order valence-corrected chi connectivity index (χ2v) is 6.86. The number of carbonyl (C=O) groups excluding carboxylic acids is 2. The van der Waals surface area contributed by atoms with Gasteiger partial charge in [0.05, 0.1) is 5.75 Å². The number of carbonyl (C=O) groups is 2. The van der Waals surface area contributed by atoms with E-state index in [1.165, 1.54) is 11.8 Å². The molecule has 0 fully saturated rings. The predicted molar refractivity (Wildman–Crippen MR) is 105 cm³/mol. The molecule has 7 heteroatoms. The standard InChI is InChI=1S/C20H19N3O3S/c1-3-18(25)21-16-10-8-14(9-11-16)17(24)12-27-20-23-22-19(26-20)15-6-4-13(2)5-7-15/h4-11H,3,12H2,1-2H3,(H,21,25). The molecule has 1 heterocycles. The van der Waals surface area contributed by atoms with E-state index < -0.39 is 0 Å². The van der Waals surface area contributed by atoms with Crippen LogP contribution in [0.15, 0.2) is 58.2 Å². The van der Waals surface area contributed by atoms with E-state index in [0.717, 1.165) is 11.1 Å². The topological polar surface area (TPSA) is 85.1 Å². The highest BCUT2D eigenvalue weighted by molar-refractivity contribution is 7.99. The van der Waals surface area contributed by atoms with Gasteiger partial charge < -0.3 is 9.73 Å². The minimum absolute atomic E-state index is 0.0524. The number of amides is 1. The van der Waals surface area contributed by atoms with Crippen LogP contribution in [0.5, 0.6) is 0 Å². The number of nitrogens with zero attached hydrogens (tertiary/aromatic N) is 2. The van der Waals surface area contributed by atoms with Crippen molar-refractivity contribution in [2.24, 2.45) is 0 Å². The molecule has 0 saturated carbocycles. The highest BCUT2D eigenvalue weighted by Crippen LogP contribution is 2.24. The molecule has 3 rings (SSSR count). The Labute approximate surface area is 161 Å². The first-order chi connectivity index (χ1) is 13.0. The Morgan fingerprint density at radius 2 is 1.74 bits per heavy atom. The van der Waals surface area contributed by atoms with Crippen molar-refractivity contribution >= 4 is 29.1 Å². The van der Waals surface area contributed by atoms with Crippen LogP contribution in [0, 0.1) is 6.92 Å². The molecule has 0 saturated heterocycles. The molecular formula is C20H19N3O3S. The maximum Gasteiger partial charge on any atom is 0.277 e. The van der Waals surface area contributed by atoms with E-state index in [0.29, 0.717) is 28.8 Å². The lowest BCUT2D eigenvalue weighted by Gasteiger charge is -2.04. The Bertz CT molecular complexity index is 934. The molecule has 2 aromatic carbocycles. The van der Waals surface area contributed by atoms with Crippen LogP contribution in [0.1, 0.15) is 29.3 Å². The number of anilines is 1.